The topological polar surface area (TPSA) is 32.3 Å². The van der Waals surface area contributed by atoms with E-state index in [1.54, 1.807) is 0 Å². The maximum Gasteiger partial charge on any atom is 0.244 e. The third kappa shape index (κ3) is 2.10. The first-order chi connectivity index (χ1) is 6.25. The number of hydrogen-bond donors (Lipinski definition) is 1. The molecule has 2 aliphatic rings. The molecule has 2 saturated heterocycles. The largest absolute Gasteiger partial charge is 0.311 e. The van der Waals surface area contributed by atoms with Crippen molar-refractivity contribution in [1.82, 2.24) is 10.2 Å². The van der Waals surface area contributed by atoms with Crippen molar-refractivity contribution in [3.63, 3.8) is 0 Å². The van der Waals surface area contributed by atoms with E-state index in [-0.39, 0.29) is 5.24 Å². The number of piperazine rings is 1. The lowest BCUT2D eigenvalue weighted by atomic mass is 10.2. The van der Waals surface area contributed by atoms with E-state index in [2.05, 4.69) is 10.2 Å². The SMILES string of the molecule is O=C(Cl)C=CCN1C[C@@H]2C[C@H]1CN2. The Kier molecular flexibility index (Phi) is 2.67. The van der Waals surface area contributed by atoms with Gasteiger partial charge in [0.1, 0.15) is 0 Å². The van der Waals surface area contributed by atoms with Crippen molar-refractivity contribution in [3.05, 3.63) is 12.2 Å². The molecular formula is C9H13ClN2O. The Balaban J connectivity index is 1.80. The average Bonchev–Trinajstić information content (AvgIpc) is 2.64. The van der Waals surface area contributed by atoms with Gasteiger partial charge in [-0.3, -0.25) is 9.69 Å². The Labute approximate surface area is 82.7 Å². The molecule has 4 heteroatoms. The van der Waals surface area contributed by atoms with Gasteiger partial charge in [0.2, 0.25) is 5.24 Å². The number of allylic oxidation sites excluding steroid dienone is 1. The molecule has 2 heterocycles. The van der Waals surface area contributed by atoms with Crippen LogP contribution < -0.4 is 5.32 Å². The zero-order valence-electron chi connectivity index (χ0n) is 7.37. The zero-order chi connectivity index (χ0) is 9.26. The lowest BCUT2D eigenvalue weighted by molar-refractivity contribution is -0.107. The van der Waals surface area contributed by atoms with Crippen LogP contribution in [-0.2, 0) is 4.79 Å². The van der Waals surface area contributed by atoms with Crippen LogP contribution in [-0.4, -0.2) is 41.9 Å². The molecule has 0 spiro atoms. The van der Waals surface area contributed by atoms with Crippen LogP contribution in [0.5, 0.6) is 0 Å². The van der Waals surface area contributed by atoms with Crippen molar-refractivity contribution < 1.29 is 4.79 Å². The molecule has 2 aliphatic heterocycles. The molecule has 3 nitrogen and oxygen atoms in total. The smallest absolute Gasteiger partial charge is 0.244 e. The average molecular weight is 201 g/mol. The number of nitrogens with one attached hydrogen (secondary N) is 1. The van der Waals surface area contributed by atoms with Crippen LogP contribution in [0.3, 0.4) is 0 Å². The zero-order valence-corrected chi connectivity index (χ0v) is 8.13. The fourth-order valence-electron chi connectivity index (χ4n) is 2.15. The predicted molar refractivity (Wildman–Crippen MR) is 51.8 cm³/mol. The maximum atomic E-state index is 10.4. The molecule has 2 rings (SSSR count). The van der Waals surface area contributed by atoms with E-state index in [9.17, 15) is 4.79 Å². The Morgan fingerprint density at radius 1 is 1.69 bits per heavy atom. The van der Waals surface area contributed by atoms with Gasteiger partial charge in [0, 0.05) is 31.7 Å². The van der Waals surface area contributed by atoms with Crippen LogP contribution in [0.1, 0.15) is 6.42 Å². The van der Waals surface area contributed by atoms with E-state index in [0.29, 0.717) is 12.1 Å². The summed E-state index contributed by atoms with van der Waals surface area (Å²) >= 11 is 5.19. The van der Waals surface area contributed by atoms with Gasteiger partial charge in [-0.15, -0.1) is 0 Å². The third-order valence-corrected chi connectivity index (χ3v) is 2.88. The minimum Gasteiger partial charge on any atom is -0.311 e. The molecule has 2 atom stereocenters. The fourth-order valence-corrected chi connectivity index (χ4v) is 2.24. The first-order valence-corrected chi connectivity index (χ1v) is 4.97. The normalized spacial score (nSPS) is 33.3. The van der Waals surface area contributed by atoms with Gasteiger partial charge in [0.05, 0.1) is 0 Å². The lowest BCUT2D eigenvalue weighted by Crippen LogP contribution is -2.43. The van der Waals surface area contributed by atoms with E-state index in [4.69, 9.17) is 11.6 Å². The third-order valence-electron chi connectivity index (χ3n) is 2.76. The van der Waals surface area contributed by atoms with E-state index >= 15 is 0 Å². The van der Waals surface area contributed by atoms with Gasteiger partial charge in [-0.2, -0.15) is 0 Å². The number of hydrogen-bond acceptors (Lipinski definition) is 3. The van der Waals surface area contributed by atoms with Crippen LogP contribution in [0.4, 0.5) is 0 Å². The number of likely N-dealkylation sites (tertiary alicyclic amines) is 1. The molecule has 0 radical (unpaired) electrons. The van der Waals surface area contributed by atoms with Gasteiger partial charge in [0.25, 0.3) is 0 Å². The van der Waals surface area contributed by atoms with Crippen molar-refractivity contribution in [2.24, 2.45) is 0 Å². The van der Waals surface area contributed by atoms with E-state index < -0.39 is 0 Å². The van der Waals surface area contributed by atoms with Crippen molar-refractivity contribution in [3.8, 4) is 0 Å². The Morgan fingerprint density at radius 2 is 2.54 bits per heavy atom. The highest BCUT2D eigenvalue weighted by Gasteiger charge is 2.36. The number of carbonyl (C=O) groups excluding carboxylic acids is 1. The Morgan fingerprint density at radius 3 is 3.08 bits per heavy atom. The highest BCUT2D eigenvalue weighted by molar-refractivity contribution is 6.66. The molecule has 0 saturated carbocycles. The molecule has 0 amide bonds. The highest BCUT2D eigenvalue weighted by atomic mass is 35.5. The predicted octanol–water partition coefficient (Wildman–Crippen LogP) is 0.354. The molecule has 0 aromatic rings. The summed E-state index contributed by atoms with van der Waals surface area (Å²) in [5, 5.41) is 3.04. The van der Waals surface area contributed by atoms with Crippen LogP contribution >= 0.6 is 11.6 Å². The molecule has 13 heavy (non-hydrogen) atoms. The van der Waals surface area contributed by atoms with Crippen molar-refractivity contribution >= 4 is 16.8 Å². The molecule has 2 fully saturated rings. The number of nitrogens with zero attached hydrogens (tertiary/aromatic N) is 1. The van der Waals surface area contributed by atoms with Crippen LogP contribution in [0.2, 0.25) is 0 Å². The molecule has 1 N–H and O–H groups in total. The van der Waals surface area contributed by atoms with Gasteiger partial charge >= 0.3 is 0 Å². The minimum absolute atomic E-state index is 0.387. The molecule has 0 aliphatic carbocycles. The molecule has 72 valence electrons. The second-order valence-electron chi connectivity index (χ2n) is 3.66. The standard InChI is InChI=1S/C9H13ClN2O/c10-9(13)2-1-3-12-6-7-4-8(12)5-11-7/h1-2,7-8,11H,3-6H2/t7-,8-/m0/s1. The van der Waals surface area contributed by atoms with Crippen molar-refractivity contribution in [2.45, 2.75) is 18.5 Å². The monoisotopic (exact) mass is 200 g/mol. The summed E-state index contributed by atoms with van der Waals surface area (Å²) in [5.41, 5.74) is 0. The molecule has 0 aromatic carbocycles. The number of fused-ring (bicyclic) bond motifs is 2. The van der Waals surface area contributed by atoms with Crippen molar-refractivity contribution in [2.75, 3.05) is 19.6 Å². The molecule has 0 aromatic heterocycles. The number of rotatable bonds is 3. The summed E-state index contributed by atoms with van der Waals surface area (Å²) in [6.07, 6.45) is 4.53. The van der Waals surface area contributed by atoms with Gasteiger partial charge < -0.3 is 5.32 Å². The summed E-state index contributed by atoms with van der Waals surface area (Å²) in [5.74, 6) is 0. The summed E-state index contributed by atoms with van der Waals surface area (Å²) in [7, 11) is 0. The first kappa shape index (κ1) is 9.19. The first-order valence-electron chi connectivity index (χ1n) is 4.59. The Hall–Kier alpha value is -0.380. The van der Waals surface area contributed by atoms with Crippen molar-refractivity contribution in [1.29, 1.82) is 0 Å². The van der Waals surface area contributed by atoms with Crippen LogP contribution in [0.25, 0.3) is 0 Å². The fraction of sp³-hybridized carbons (Fsp3) is 0.667. The maximum absolute atomic E-state index is 10.4. The number of halogens is 1. The summed E-state index contributed by atoms with van der Waals surface area (Å²) in [6, 6.07) is 1.34. The molecule has 2 bridgehead atoms. The summed E-state index contributed by atoms with van der Waals surface area (Å²) in [4.78, 5) is 12.8. The molecule has 0 unspecified atom stereocenters. The minimum atomic E-state index is -0.387. The highest BCUT2D eigenvalue weighted by Crippen LogP contribution is 2.22. The lowest BCUT2D eigenvalue weighted by Gasteiger charge is -2.25. The summed E-state index contributed by atoms with van der Waals surface area (Å²) in [6.45, 7) is 3.04. The van der Waals surface area contributed by atoms with Gasteiger partial charge in [0.15, 0.2) is 0 Å². The van der Waals surface area contributed by atoms with Crippen LogP contribution in [0, 0.1) is 0 Å². The molecular weight excluding hydrogens is 188 g/mol. The van der Waals surface area contributed by atoms with Gasteiger partial charge in [-0.1, -0.05) is 6.08 Å². The second kappa shape index (κ2) is 3.78. The second-order valence-corrected chi connectivity index (χ2v) is 4.03. The van der Waals surface area contributed by atoms with Crippen LogP contribution in [0.15, 0.2) is 12.2 Å². The quantitative estimate of drug-likeness (QED) is 0.527. The number of carbonyl (C=O) groups is 1. The van der Waals surface area contributed by atoms with Gasteiger partial charge in [-0.05, 0) is 24.1 Å². The van der Waals surface area contributed by atoms with Gasteiger partial charge in [-0.25, -0.2) is 0 Å². The Bertz CT molecular complexity index is 242. The summed E-state index contributed by atoms with van der Waals surface area (Å²) < 4.78 is 0. The van der Waals surface area contributed by atoms with E-state index in [1.807, 2.05) is 6.08 Å². The van der Waals surface area contributed by atoms with E-state index in [0.717, 1.165) is 19.6 Å². The van der Waals surface area contributed by atoms with E-state index in [1.165, 1.54) is 12.5 Å².